The standard InChI is InChI=1S/C28H36O3/c1-19-14-24(29)18-28(31-19)27-17-22(16-23-5-2-6-26(23)27)15-21-9-7-20(8-10-21)4-3-13-30-25-11-12-25/h7-10,16-17,19,24-25,28-29H,2-6,11-15,18H2,1H3. The van der Waals surface area contributed by atoms with E-state index in [-0.39, 0.29) is 18.3 Å². The van der Waals surface area contributed by atoms with E-state index in [4.69, 9.17) is 9.47 Å². The van der Waals surface area contributed by atoms with Crippen LogP contribution in [0, 0.1) is 0 Å². The summed E-state index contributed by atoms with van der Waals surface area (Å²) >= 11 is 0. The molecule has 3 unspecified atom stereocenters. The molecule has 1 N–H and O–H groups in total. The number of benzene rings is 2. The van der Waals surface area contributed by atoms with Gasteiger partial charge in [-0.05, 0) is 98.1 Å². The molecule has 166 valence electrons. The highest BCUT2D eigenvalue weighted by Gasteiger charge is 2.30. The first kappa shape index (κ1) is 21.2. The van der Waals surface area contributed by atoms with Gasteiger partial charge in [0.2, 0.25) is 0 Å². The minimum Gasteiger partial charge on any atom is -0.393 e. The normalized spacial score (nSPS) is 25.5. The maximum Gasteiger partial charge on any atom is 0.0856 e. The summed E-state index contributed by atoms with van der Waals surface area (Å²) in [5.74, 6) is 0. The van der Waals surface area contributed by atoms with Crippen LogP contribution in [0.5, 0.6) is 0 Å². The molecule has 0 spiro atoms. The quantitative estimate of drug-likeness (QED) is 0.575. The minimum absolute atomic E-state index is 0.0331. The van der Waals surface area contributed by atoms with Crippen LogP contribution < -0.4 is 0 Å². The van der Waals surface area contributed by atoms with Gasteiger partial charge in [0.1, 0.15) is 0 Å². The molecule has 3 nitrogen and oxygen atoms in total. The van der Waals surface area contributed by atoms with Gasteiger partial charge in [0.05, 0.1) is 24.4 Å². The van der Waals surface area contributed by atoms with E-state index in [1.807, 2.05) is 0 Å². The predicted molar refractivity (Wildman–Crippen MR) is 124 cm³/mol. The molecule has 3 heteroatoms. The highest BCUT2D eigenvalue weighted by Crippen LogP contribution is 2.38. The molecule has 5 rings (SSSR count). The Morgan fingerprint density at radius 3 is 2.58 bits per heavy atom. The van der Waals surface area contributed by atoms with Crippen molar-refractivity contribution in [2.75, 3.05) is 6.61 Å². The van der Waals surface area contributed by atoms with Crippen molar-refractivity contribution in [1.29, 1.82) is 0 Å². The molecule has 1 aliphatic heterocycles. The lowest BCUT2D eigenvalue weighted by molar-refractivity contribution is -0.0898. The maximum absolute atomic E-state index is 10.3. The zero-order valence-electron chi connectivity index (χ0n) is 18.8. The van der Waals surface area contributed by atoms with Gasteiger partial charge in [-0.3, -0.25) is 0 Å². The lowest BCUT2D eigenvalue weighted by atomic mass is 9.89. The molecule has 31 heavy (non-hydrogen) atoms. The minimum atomic E-state index is -0.253. The molecule has 0 bridgehead atoms. The molecule has 3 aliphatic rings. The van der Waals surface area contributed by atoms with Gasteiger partial charge in [0.15, 0.2) is 0 Å². The molecule has 2 aromatic rings. The van der Waals surface area contributed by atoms with Gasteiger partial charge < -0.3 is 14.6 Å². The van der Waals surface area contributed by atoms with E-state index in [2.05, 4.69) is 43.3 Å². The van der Waals surface area contributed by atoms with E-state index >= 15 is 0 Å². The fraction of sp³-hybridized carbons (Fsp3) is 0.571. The van der Waals surface area contributed by atoms with E-state index in [9.17, 15) is 5.11 Å². The Balaban J connectivity index is 1.26. The van der Waals surface area contributed by atoms with Gasteiger partial charge in [0, 0.05) is 13.0 Å². The van der Waals surface area contributed by atoms with Crippen molar-refractivity contribution in [2.45, 2.75) is 95.5 Å². The average molecular weight is 421 g/mol. The number of hydrogen-bond acceptors (Lipinski definition) is 3. The molecule has 2 aromatic carbocycles. The summed E-state index contributed by atoms with van der Waals surface area (Å²) in [6.45, 7) is 2.97. The van der Waals surface area contributed by atoms with E-state index in [0.29, 0.717) is 6.10 Å². The van der Waals surface area contributed by atoms with Crippen LogP contribution in [-0.4, -0.2) is 30.0 Å². The number of aryl methyl sites for hydroxylation is 2. The monoisotopic (exact) mass is 420 g/mol. The third kappa shape index (κ3) is 5.39. The van der Waals surface area contributed by atoms with Gasteiger partial charge in [-0.1, -0.05) is 36.4 Å². The molecule has 3 atom stereocenters. The van der Waals surface area contributed by atoms with Crippen molar-refractivity contribution < 1.29 is 14.6 Å². The summed E-state index contributed by atoms with van der Waals surface area (Å²) in [4.78, 5) is 0. The highest BCUT2D eigenvalue weighted by atomic mass is 16.5. The lowest BCUT2D eigenvalue weighted by Gasteiger charge is -2.33. The largest absolute Gasteiger partial charge is 0.393 e. The van der Waals surface area contributed by atoms with Crippen LogP contribution >= 0.6 is 0 Å². The van der Waals surface area contributed by atoms with Crippen LogP contribution in [0.25, 0.3) is 0 Å². The topological polar surface area (TPSA) is 38.7 Å². The Hall–Kier alpha value is -1.68. The second-order valence-electron chi connectivity index (χ2n) is 9.90. The van der Waals surface area contributed by atoms with Crippen LogP contribution in [0.2, 0.25) is 0 Å². The van der Waals surface area contributed by atoms with Gasteiger partial charge in [0.25, 0.3) is 0 Å². The highest BCUT2D eigenvalue weighted by molar-refractivity contribution is 5.45. The molecule has 2 aliphatic carbocycles. The zero-order chi connectivity index (χ0) is 21.2. The first-order chi connectivity index (χ1) is 15.1. The number of fused-ring (bicyclic) bond motifs is 1. The Bertz CT molecular complexity index is 874. The molecule has 1 saturated heterocycles. The summed E-state index contributed by atoms with van der Waals surface area (Å²) in [5, 5.41) is 10.3. The molecule has 1 saturated carbocycles. The molecular weight excluding hydrogens is 384 g/mol. The van der Waals surface area contributed by atoms with Gasteiger partial charge >= 0.3 is 0 Å². The van der Waals surface area contributed by atoms with Crippen molar-refractivity contribution in [2.24, 2.45) is 0 Å². The summed E-state index contributed by atoms with van der Waals surface area (Å²) in [5.41, 5.74) is 8.45. The number of aliphatic hydroxyl groups excluding tert-OH is 1. The van der Waals surface area contributed by atoms with E-state index in [1.54, 1.807) is 0 Å². The number of rotatable bonds is 8. The fourth-order valence-corrected chi connectivity index (χ4v) is 5.34. The molecule has 2 fully saturated rings. The average Bonchev–Trinajstić information content (AvgIpc) is 3.46. The molecule has 0 amide bonds. The maximum atomic E-state index is 10.3. The first-order valence-corrected chi connectivity index (χ1v) is 12.3. The van der Waals surface area contributed by atoms with Crippen molar-refractivity contribution in [3.63, 3.8) is 0 Å². The SMILES string of the molecule is CC1CC(O)CC(c2cc(Cc3ccc(CCCOC4CC4)cc3)cc3c2CCC3)O1. The second kappa shape index (κ2) is 9.44. The zero-order valence-corrected chi connectivity index (χ0v) is 18.8. The van der Waals surface area contributed by atoms with E-state index in [1.165, 1.54) is 59.1 Å². The van der Waals surface area contributed by atoms with Crippen molar-refractivity contribution in [1.82, 2.24) is 0 Å². The summed E-state index contributed by atoms with van der Waals surface area (Å²) in [6, 6.07) is 13.9. The first-order valence-electron chi connectivity index (χ1n) is 12.3. The second-order valence-corrected chi connectivity index (χ2v) is 9.90. The fourth-order valence-electron chi connectivity index (χ4n) is 5.34. The smallest absolute Gasteiger partial charge is 0.0856 e. The number of aliphatic hydroxyl groups is 1. The molecule has 0 aromatic heterocycles. The predicted octanol–water partition coefficient (Wildman–Crippen LogP) is 5.48. The van der Waals surface area contributed by atoms with Crippen LogP contribution in [0.3, 0.4) is 0 Å². The lowest BCUT2D eigenvalue weighted by Crippen LogP contribution is -2.30. The molecular formula is C28H36O3. The Morgan fingerprint density at radius 2 is 1.81 bits per heavy atom. The van der Waals surface area contributed by atoms with E-state index in [0.717, 1.165) is 45.1 Å². The summed E-state index contributed by atoms with van der Waals surface area (Å²) in [6.07, 6.45) is 11.1. The van der Waals surface area contributed by atoms with Crippen LogP contribution in [0.1, 0.15) is 84.9 Å². The van der Waals surface area contributed by atoms with Crippen LogP contribution in [0.15, 0.2) is 36.4 Å². The Kier molecular flexibility index (Phi) is 6.45. The summed E-state index contributed by atoms with van der Waals surface area (Å²) < 4.78 is 12.0. The van der Waals surface area contributed by atoms with E-state index < -0.39 is 0 Å². The van der Waals surface area contributed by atoms with Gasteiger partial charge in [-0.15, -0.1) is 0 Å². The Labute approximate surface area is 186 Å². The third-order valence-electron chi connectivity index (χ3n) is 7.06. The van der Waals surface area contributed by atoms with Crippen molar-refractivity contribution in [3.05, 3.63) is 69.8 Å². The molecule has 0 radical (unpaired) electrons. The third-order valence-corrected chi connectivity index (χ3v) is 7.06. The van der Waals surface area contributed by atoms with Crippen molar-refractivity contribution in [3.8, 4) is 0 Å². The number of hydrogen-bond donors (Lipinski definition) is 1. The van der Waals surface area contributed by atoms with Crippen molar-refractivity contribution >= 4 is 0 Å². The van der Waals surface area contributed by atoms with Crippen LogP contribution in [0.4, 0.5) is 0 Å². The van der Waals surface area contributed by atoms with Gasteiger partial charge in [-0.2, -0.15) is 0 Å². The molecule has 1 heterocycles. The van der Waals surface area contributed by atoms with Gasteiger partial charge in [-0.25, -0.2) is 0 Å². The Morgan fingerprint density at radius 1 is 1.00 bits per heavy atom. The van der Waals surface area contributed by atoms with Crippen LogP contribution in [-0.2, 0) is 35.2 Å². The summed E-state index contributed by atoms with van der Waals surface area (Å²) in [7, 11) is 0. The number of ether oxygens (including phenoxy) is 2.